The summed E-state index contributed by atoms with van der Waals surface area (Å²) in [5.41, 5.74) is -2.02. The second-order valence-electron chi connectivity index (χ2n) is 7.21. The van der Waals surface area contributed by atoms with Crippen LogP contribution >= 0.6 is 11.6 Å². The molecule has 9 heteroatoms. The van der Waals surface area contributed by atoms with Gasteiger partial charge in [-0.25, -0.2) is 4.79 Å². The molecule has 30 heavy (non-hydrogen) atoms. The van der Waals surface area contributed by atoms with Crippen LogP contribution in [-0.4, -0.2) is 29.0 Å². The molecule has 1 fully saturated rings. The van der Waals surface area contributed by atoms with Crippen molar-refractivity contribution >= 4 is 29.3 Å². The van der Waals surface area contributed by atoms with Crippen molar-refractivity contribution in [2.45, 2.75) is 38.1 Å². The van der Waals surface area contributed by atoms with E-state index in [-0.39, 0.29) is 18.2 Å². The van der Waals surface area contributed by atoms with Gasteiger partial charge in [0.1, 0.15) is 12.1 Å². The van der Waals surface area contributed by atoms with Crippen LogP contribution in [0.15, 0.2) is 48.5 Å². The lowest BCUT2D eigenvalue weighted by Gasteiger charge is -2.33. The van der Waals surface area contributed by atoms with Gasteiger partial charge >= 0.3 is 12.3 Å². The van der Waals surface area contributed by atoms with Gasteiger partial charge in [0, 0.05) is 11.6 Å². The minimum absolute atomic E-state index is 0.0310. The van der Waals surface area contributed by atoms with Crippen LogP contribution in [0.4, 0.5) is 23.7 Å². The van der Waals surface area contributed by atoms with Gasteiger partial charge in [0.2, 0.25) is 5.91 Å². The number of benzene rings is 2. The minimum Gasteiger partial charge on any atom is -0.445 e. The molecule has 2 aromatic carbocycles. The van der Waals surface area contributed by atoms with Crippen LogP contribution in [0, 0.1) is 0 Å². The molecule has 2 amide bonds. The number of likely N-dealkylation sites (tertiary alicyclic amines) is 1. The van der Waals surface area contributed by atoms with E-state index in [1.807, 2.05) is 6.07 Å². The highest BCUT2D eigenvalue weighted by Gasteiger charge is 2.47. The molecule has 5 nitrogen and oxygen atoms in total. The van der Waals surface area contributed by atoms with E-state index >= 15 is 0 Å². The summed E-state index contributed by atoms with van der Waals surface area (Å²) in [6.45, 7) is 1.82. The number of carbonyl (C=O) groups is 2. The zero-order chi connectivity index (χ0) is 21.9. The summed E-state index contributed by atoms with van der Waals surface area (Å²) in [4.78, 5) is 26.8. The van der Waals surface area contributed by atoms with Gasteiger partial charge in [-0.2, -0.15) is 13.2 Å². The third-order valence-electron chi connectivity index (χ3n) is 5.09. The predicted molar refractivity (Wildman–Crippen MR) is 106 cm³/mol. The van der Waals surface area contributed by atoms with Crippen LogP contribution in [0.2, 0.25) is 5.02 Å². The average Bonchev–Trinajstić information content (AvgIpc) is 3.10. The maximum Gasteiger partial charge on any atom is 0.418 e. The quantitative estimate of drug-likeness (QED) is 0.684. The van der Waals surface area contributed by atoms with Crippen LogP contribution in [-0.2, 0) is 22.3 Å². The Morgan fingerprint density at radius 2 is 1.90 bits per heavy atom. The highest BCUT2D eigenvalue weighted by atomic mass is 35.5. The van der Waals surface area contributed by atoms with Gasteiger partial charge in [0.15, 0.2) is 0 Å². The second kappa shape index (κ2) is 8.55. The van der Waals surface area contributed by atoms with E-state index < -0.39 is 35.0 Å². The number of ether oxygens (including phenoxy) is 1. The van der Waals surface area contributed by atoms with E-state index in [4.69, 9.17) is 16.3 Å². The van der Waals surface area contributed by atoms with E-state index in [1.165, 1.54) is 17.9 Å². The van der Waals surface area contributed by atoms with Crippen molar-refractivity contribution in [3.8, 4) is 0 Å². The number of nitrogens with zero attached hydrogens (tertiary/aromatic N) is 1. The van der Waals surface area contributed by atoms with Crippen LogP contribution < -0.4 is 5.32 Å². The Morgan fingerprint density at radius 1 is 1.20 bits per heavy atom. The molecule has 1 atom stereocenters. The van der Waals surface area contributed by atoms with E-state index in [2.05, 4.69) is 5.32 Å². The number of nitrogens with one attached hydrogen (secondary N) is 1. The summed E-state index contributed by atoms with van der Waals surface area (Å²) in [7, 11) is 0. The number of alkyl halides is 3. The van der Waals surface area contributed by atoms with Gasteiger partial charge < -0.3 is 10.1 Å². The summed E-state index contributed by atoms with van der Waals surface area (Å²) in [6.07, 6.45) is -4.56. The number of hydrogen-bond donors (Lipinski definition) is 1. The lowest BCUT2D eigenvalue weighted by molar-refractivity contribution is -0.137. The SMILES string of the molecule is CC1(C(=O)Nc2ccc(Cl)cc2C(F)(F)F)CCCN1C(=O)OCc1ccccc1. The first-order valence-electron chi connectivity index (χ1n) is 9.28. The van der Waals surface area contributed by atoms with Crippen LogP contribution in [0.3, 0.4) is 0 Å². The van der Waals surface area contributed by atoms with Crippen LogP contribution in [0.5, 0.6) is 0 Å². The van der Waals surface area contributed by atoms with Crippen molar-refractivity contribution in [2.75, 3.05) is 11.9 Å². The molecule has 0 aromatic heterocycles. The van der Waals surface area contributed by atoms with Crippen molar-refractivity contribution in [1.29, 1.82) is 0 Å². The van der Waals surface area contributed by atoms with E-state index in [0.717, 1.165) is 17.7 Å². The van der Waals surface area contributed by atoms with Gasteiger partial charge in [-0.05, 0) is 43.5 Å². The molecule has 1 N–H and O–H groups in total. The molecule has 1 aliphatic heterocycles. The van der Waals surface area contributed by atoms with E-state index in [9.17, 15) is 22.8 Å². The molecular formula is C21H20ClF3N2O3. The zero-order valence-electron chi connectivity index (χ0n) is 16.1. The van der Waals surface area contributed by atoms with Crippen molar-refractivity contribution in [1.82, 2.24) is 4.90 Å². The molecule has 0 bridgehead atoms. The molecule has 2 aromatic rings. The number of hydrogen-bond acceptors (Lipinski definition) is 3. The smallest absolute Gasteiger partial charge is 0.418 e. The Hall–Kier alpha value is -2.74. The largest absolute Gasteiger partial charge is 0.445 e. The predicted octanol–water partition coefficient (Wildman–Crippen LogP) is 5.49. The molecule has 1 aliphatic rings. The molecule has 1 heterocycles. The fourth-order valence-electron chi connectivity index (χ4n) is 3.41. The highest BCUT2D eigenvalue weighted by Crippen LogP contribution is 2.38. The van der Waals surface area contributed by atoms with Crippen LogP contribution in [0.1, 0.15) is 30.9 Å². The van der Waals surface area contributed by atoms with Gasteiger partial charge in [-0.15, -0.1) is 0 Å². The fourth-order valence-corrected chi connectivity index (χ4v) is 3.58. The van der Waals surface area contributed by atoms with Crippen molar-refractivity contribution in [3.63, 3.8) is 0 Å². The molecule has 1 unspecified atom stereocenters. The topological polar surface area (TPSA) is 58.6 Å². The lowest BCUT2D eigenvalue weighted by Crippen LogP contribution is -2.53. The molecule has 0 radical (unpaired) electrons. The summed E-state index contributed by atoms with van der Waals surface area (Å²) in [5.74, 6) is -0.718. The average molecular weight is 441 g/mol. The number of amides is 2. The number of halogens is 4. The van der Waals surface area contributed by atoms with Gasteiger partial charge in [-0.3, -0.25) is 9.69 Å². The second-order valence-corrected chi connectivity index (χ2v) is 7.65. The Morgan fingerprint density at radius 3 is 2.57 bits per heavy atom. The molecular weight excluding hydrogens is 421 g/mol. The first-order chi connectivity index (χ1) is 14.1. The van der Waals surface area contributed by atoms with Crippen molar-refractivity contribution < 1.29 is 27.5 Å². The molecule has 0 spiro atoms. The summed E-state index contributed by atoms with van der Waals surface area (Å²) in [5, 5.41) is 2.22. The van der Waals surface area contributed by atoms with E-state index in [0.29, 0.717) is 12.8 Å². The third kappa shape index (κ3) is 4.70. The number of carbonyl (C=O) groups excluding carboxylic acids is 2. The van der Waals surface area contributed by atoms with Crippen LogP contribution in [0.25, 0.3) is 0 Å². The summed E-state index contributed by atoms with van der Waals surface area (Å²) >= 11 is 5.68. The monoisotopic (exact) mass is 440 g/mol. The summed E-state index contributed by atoms with van der Waals surface area (Å²) < 4.78 is 45.3. The van der Waals surface area contributed by atoms with E-state index in [1.54, 1.807) is 24.3 Å². The summed E-state index contributed by atoms with van der Waals surface area (Å²) in [6, 6.07) is 12.1. The lowest BCUT2D eigenvalue weighted by atomic mass is 9.97. The van der Waals surface area contributed by atoms with Gasteiger partial charge in [-0.1, -0.05) is 41.9 Å². The maximum atomic E-state index is 13.3. The highest BCUT2D eigenvalue weighted by molar-refractivity contribution is 6.30. The fraction of sp³-hybridized carbons (Fsp3) is 0.333. The Kier molecular flexibility index (Phi) is 6.26. The minimum atomic E-state index is -4.70. The standard InChI is InChI=1S/C21H20ClF3N2O3/c1-20(18(28)26-17-9-8-15(22)12-16(17)21(23,24)25)10-5-11-27(20)19(29)30-13-14-6-3-2-4-7-14/h2-4,6-9,12H,5,10-11,13H2,1H3,(H,26,28). The third-order valence-corrected chi connectivity index (χ3v) is 5.33. The van der Waals surface area contributed by atoms with Gasteiger partial charge in [0.05, 0.1) is 11.3 Å². The number of anilines is 1. The number of rotatable bonds is 4. The van der Waals surface area contributed by atoms with Crippen molar-refractivity contribution in [3.05, 3.63) is 64.7 Å². The Bertz CT molecular complexity index is 937. The normalized spacial score (nSPS) is 18.9. The first-order valence-corrected chi connectivity index (χ1v) is 9.65. The molecule has 160 valence electrons. The first kappa shape index (κ1) is 22.0. The molecule has 0 aliphatic carbocycles. The molecule has 0 saturated carbocycles. The van der Waals surface area contributed by atoms with Gasteiger partial charge in [0.25, 0.3) is 0 Å². The maximum absolute atomic E-state index is 13.3. The molecule has 3 rings (SSSR count). The molecule has 1 saturated heterocycles. The Balaban J connectivity index is 1.75. The zero-order valence-corrected chi connectivity index (χ0v) is 16.9. The Labute approximate surface area is 176 Å². The van der Waals surface area contributed by atoms with Crippen molar-refractivity contribution in [2.24, 2.45) is 0 Å².